The van der Waals surface area contributed by atoms with Gasteiger partial charge in [-0.05, 0) is 53.8 Å². The van der Waals surface area contributed by atoms with E-state index < -0.39 is 10.0 Å². The molecule has 0 aliphatic rings. The fraction of sp³-hybridized carbons (Fsp3) is 0.138. The number of hydrogen-bond donors (Lipinski definition) is 3. The van der Waals surface area contributed by atoms with Crippen molar-refractivity contribution in [1.82, 2.24) is 14.5 Å². The van der Waals surface area contributed by atoms with Crippen LogP contribution < -0.4 is 21.3 Å². The van der Waals surface area contributed by atoms with Gasteiger partial charge in [0.15, 0.2) is 0 Å². The minimum atomic E-state index is -3.46. The van der Waals surface area contributed by atoms with Gasteiger partial charge in [-0.15, -0.1) is 0 Å². The Kier molecular flexibility index (Phi) is 7.76. The average molecular weight is 667 g/mol. The van der Waals surface area contributed by atoms with E-state index in [2.05, 4.69) is 42.6 Å². The summed E-state index contributed by atoms with van der Waals surface area (Å²) in [5, 5.41) is 4.99. The highest BCUT2D eigenvalue weighted by Crippen LogP contribution is 2.32. The van der Waals surface area contributed by atoms with E-state index in [1.165, 1.54) is 0 Å². The number of aromatic nitrogens is 3. The number of anilines is 3. The number of hydrogen-bond acceptors (Lipinski definition) is 7. The van der Waals surface area contributed by atoms with Gasteiger partial charge in [0.25, 0.3) is 5.56 Å². The normalized spacial score (nSPS) is 12.3. The van der Waals surface area contributed by atoms with Crippen LogP contribution >= 0.6 is 22.6 Å². The van der Waals surface area contributed by atoms with Crippen LogP contribution in [0, 0.1) is 0 Å². The Morgan fingerprint density at radius 2 is 1.77 bits per heavy atom. The first-order chi connectivity index (χ1) is 19.1. The number of pyridine rings is 1. The number of para-hydroxylation sites is 1. The Hall–Kier alpha value is -3.97. The molecule has 0 fully saturated rings. The maximum Gasteiger partial charge on any atom is 0.263 e. The van der Waals surface area contributed by atoms with Gasteiger partial charge in [0, 0.05) is 33.3 Å². The Morgan fingerprint density at radius 3 is 2.50 bits per heavy atom. The van der Waals surface area contributed by atoms with Gasteiger partial charge in [-0.1, -0.05) is 71.1 Å². The van der Waals surface area contributed by atoms with Gasteiger partial charge < -0.3 is 11.1 Å². The standard InChI is InChI=1S/C29H27IN6O3S/c1-18(33-27-24(17-32-29(31)34-27)19-8-7-11-22(14-19)35-40(2,38)39)25-15-20-9-6-10-21(16-30)26(20)28(37)36(25)23-12-4-3-5-13-23/h3-15,17-18,35H,16H2,1-2H3,(H3,31,32,33,34)/t18-/m0/s1. The molecule has 11 heteroatoms. The van der Waals surface area contributed by atoms with Crippen molar-refractivity contribution in [3.8, 4) is 16.8 Å². The predicted molar refractivity (Wildman–Crippen MR) is 170 cm³/mol. The lowest BCUT2D eigenvalue weighted by molar-refractivity contribution is 0.607. The van der Waals surface area contributed by atoms with Crippen LogP contribution in [0.2, 0.25) is 0 Å². The molecule has 204 valence electrons. The number of sulfonamides is 1. The van der Waals surface area contributed by atoms with Gasteiger partial charge in [0.2, 0.25) is 16.0 Å². The minimum absolute atomic E-state index is 0.0783. The summed E-state index contributed by atoms with van der Waals surface area (Å²) < 4.78 is 28.5. The second-order valence-electron chi connectivity index (χ2n) is 9.37. The van der Waals surface area contributed by atoms with Gasteiger partial charge in [-0.3, -0.25) is 14.1 Å². The first-order valence-electron chi connectivity index (χ1n) is 12.4. The molecule has 0 radical (unpaired) electrons. The maximum atomic E-state index is 14.0. The molecule has 2 heterocycles. The molecule has 2 aromatic heterocycles. The molecular formula is C29H27IN6O3S. The van der Waals surface area contributed by atoms with E-state index in [0.717, 1.165) is 28.6 Å². The molecule has 5 rings (SSSR count). The van der Waals surface area contributed by atoms with Crippen LogP contribution in [-0.4, -0.2) is 29.2 Å². The molecule has 0 unspecified atom stereocenters. The van der Waals surface area contributed by atoms with Crippen molar-refractivity contribution in [2.45, 2.75) is 17.4 Å². The second kappa shape index (κ2) is 11.3. The average Bonchev–Trinajstić information content (AvgIpc) is 2.92. The summed E-state index contributed by atoms with van der Waals surface area (Å²) >= 11 is 2.28. The van der Waals surface area contributed by atoms with Crippen LogP contribution in [-0.2, 0) is 14.5 Å². The van der Waals surface area contributed by atoms with Crippen molar-refractivity contribution in [1.29, 1.82) is 0 Å². The number of halogens is 1. The minimum Gasteiger partial charge on any atom is -0.368 e. The summed E-state index contributed by atoms with van der Waals surface area (Å²) in [6.45, 7) is 1.95. The zero-order valence-electron chi connectivity index (χ0n) is 21.8. The van der Waals surface area contributed by atoms with Gasteiger partial charge in [-0.25, -0.2) is 13.4 Å². The SMILES string of the molecule is C[C@H](Nc1nc(N)ncc1-c1cccc(NS(C)(=O)=O)c1)c1cc2cccc(CI)c2c(=O)n1-c1ccccc1. The van der Waals surface area contributed by atoms with Crippen molar-refractivity contribution >= 4 is 60.8 Å². The molecule has 9 nitrogen and oxygen atoms in total. The second-order valence-corrected chi connectivity index (χ2v) is 11.9. The molecular weight excluding hydrogens is 639 g/mol. The number of alkyl halides is 1. The molecule has 5 aromatic rings. The molecule has 0 aliphatic carbocycles. The van der Waals surface area contributed by atoms with E-state index in [4.69, 9.17) is 5.73 Å². The number of nitrogens with zero attached hydrogens (tertiary/aromatic N) is 3. The third-order valence-electron chi connectivity index (χ3n) is 6.40. The van der Waals surface area contributed by atoms with E-state index in [1.807, 2.05) is 67.6 Å². The van der Waals surface area contributed by atoms with Gasteiger partial charge in [0.1, 0.15) is 5.82 Å². The third kappa shape index (κ3) is 5.80. The number of nitrogens with two attached hydrogens (primary N) is 1. The molecule has 1 atom stereocenters. The molecule has 40 heavy (non-hydrogen) atoms. The highest BCUT2D eigenvalue weighted by atomic mass is 127. The van der Waals surface area contributed by atoms with Crippen LogP contribution in [0.15, 0.2) is 89.9 Å². The van der Waals surface area contributed by atoms with E-state index >= 15 is 0 Å². The van der Waals surface area contributed by atoms with Crippen molar-refractivity contribution in [3.63, 3.8) is 0 Å². The zero-order chi connectivity index (χ0) is 28.4. The Balaban J connectivity index is 1.63. The Labute approximate surface area is 245 Å². The fourth-order valence-electron chi connectivity index (χ4n) is 4.69. The molecule has 3 aromatic carbocycles. The summed E-state index contributed by atoms with van der Waals surface area (Å²) in [5.74, 6) is 0.527. The van der Waals surface area contributed by atoms with Crippen LogP contribution in [0.4, 0.5) is 17.5 Å². The Bertz CT molecular complexity index is 1880. The molecule has 0 saturated heterocycles. The summed E-state index contributed by atoms with van der Waals surface area (Å²) in [5.41, 5.74) is 10.1. The van der Waals surface area contributed by atoms with Gasteiger partial charge in [0.05, 0.1) is 17.7 Å². The first-order valence-corrected chi connectivity index (χ1v) is 15.8. The molecule has 0 aliphatic heterocycles. The van der Waals surface area contributed by atoms with Crippen molar-refractivity contribution in [3.05, 3.63) is 107 Å². The summed E-state index contributed by atoms with van der Waals surface area (Å²) in [6.07, 6.45) is 2.69. The predicted octanol–water partition coefficient (Wildman–Crippen LogP) is 5.51. The number of fused-ring (bicyclic) bond motifs is 1. The number of nitrogen functional groups attached to an aromatic ring is 1. The van der Waals surface area contributed by atoms with Gasteiger partial charge >= 0.3 is 0 Å². The highest BCUT2D eigenvalue weighted by Gasteiger charge is 2.20. The molecule has 4 N–H and O–H groups in total. The lowest BCUT2D eigenvalue weighted by Crippen LogP contribution is -2.26. The van der Waals surface area contributed by atoms with Crippen LogP contribution in [0.5, 0.6) is 0 Å². The summed E-state index contributed by atoms with van der Waals surface area (Å²) in [6, 6.07) is 24.0. The monoisotopic (exact) mass is 666 g/mol. The maximum absolute atomic E-state index is 14.0. The van der Waals surface area contributed by atoms with Crippen LogP contribution in [0.1, 0.15) is 24.2 Å². The molecule has 0 saturated carbocycles. The first kappa shape index (κ1) is 27.6. The highest BCUT2D eigenvalue weighted by molar-refractivity contribution is 14.1. The van der Waals surface area contributed by atoms with Gasteiger partial charge in [-0.2, -0.15) is 4.98 Å². The van der Waals surface area contributed by atoms with E-state index in [9.17, 15) is 13.2 Å². The summed E-state index contributed by atoms with van der Waals surface area (Å²) in [7, 11) is -3.46. The van der Waals surface area contributed by atoms with E-state index in [-0.39, 0.29) is 17.5 Å². The van der Waals surface area contributed by atoms with Crippen LogP contribution in [0.3, 0.4) is 0 Å². The van der Waals surface area contributed by atoms with E-state index in [1.54, 1.807) is 29.0 Å². The number of benzene rings is 3. The summed E-state index contributed by atoms with van der Waals surface area (Å²) in [4.78, 5) is 22.6. The smallest absolute Gasteiger partial charge is 0.263 e. The molecule has 0 bridgehead atoms. The topological polar surface area (TPSA) is 132 Å². The van der Waals surface area contributed by atoms with E-state index in [0.29, 0.717) is 32.4 Å². The van der Waals surface area contributed by atoms with Crippen molar-refractivity contribution in [2.24, 2.45) is 0 Å². The number of rotatable bonds is 8. The quantitative estimate of drug-likeness (QED) is 0.147. The number of nitrogens with one attached hydrogen (secondary N) is 2. The molecule has 0 spiro atoms. The molecule has 0 amide bonds. The third-order valence-corrected chi connectivity index (χ3v) is 7.83. The lowest BCUT2D eigenvalue weighted by Gasteiger charge is -2.23. The lowest BCUT2D eigenvalue weighted by atomic mass is 10.0. The largest absolute Gasteiger partial charge is 0.368 e. The zero-order valence-corrected chi connectivity index (χ0v) is 24.8. The van der Waals surface area contributed by atoms with Crippen molar-refractivity contribution < 1.29 is 8.42 Å². The van der Waals surface area contributed by atoms with Crippen molar-refractivity contribution in [2.75, 3.05) is 22.0 Å². The fourth-order valence-corrected chi connectivity index (χ4v) is 5.88. The van der Waals surface area contributed by atoms with Crippen LogP contribution in [0.25, 0.3) is 27.6 Å². The Morgan fingerprint density at radius 1 is 1.02 bits per heavy atom.